The lowest BCUT2D eigenvalue weighted by atomic mass is 9.85. The first-order valence-corrected chi connectivity index (χ1v) is 22.2. The molecule has 1 fully saturated rings. The minimum Gasteiger partial charge on any atom is -0.397 e. The Kier molecular flexibility index (Phi) is 17.0. The number of hydrogen-bond donors (Lipinski definition) is 6. The summed E-state index contributed by atoms with van der Waals surface area (Å²) in [5.74, 6) is -1.27. The summed E-state index contributed by atoms with van der Waals surface area (Å²) in [6, 6.07) is 20.0. The number of thiazole rings is 1. The average molecular weight is 852 g/mol. The number of carbonyl (C=O) groups is 5. The van der Waals surface area contributed by atoms with Crippen LogP contribution < -0.4 is 27.0 Å². The van der Waals surface area contributed by atoms with E-state index in [0.717, 1.165) is 66.6 Å². The van der Waals surface area contributed by atoms with Crippen molar-refractivity contribution in [3.63, 3.8) is 0 Å². The summed E-state index contributed by atoms with van der Waals surface area (Å²) in [5.41, 5.74) is 12.2. The molecular weight excluding hydrogens is 791 g/mol. The Bertz CT molecular complexity index is 2100. The van der Waals surface area contributed by atoms with E-state index in [9.17, 15) is 29.1 Å². The number of rotatable bonds is 20. The van der Waals surface area contributed by atoms with Gasteiger partial charge in [0.25, 0.3) is 5.91 Å². The fraction of sp³-hybridized carbons (Fsp3) is 0.447. The number of para-hydroxylation sites is 2. The number of anilines is 3. The van der Waals surface area contributed by atoms with Gasteiger partial charge < -0.3 is 37.0 Å². The fourth-order valence-electron chi connectivity index (χ4n) is 7.38. The highest BCUT2D eigenvalue weighted by atomic mass is 32.1. The highest BCUT2D eigenvalue weighted by molar-refractivity contribution is 7.13. The zero-order valence-electron chi connectivity index (χ0n) is 35.8. The summed E-state index contributed by atoms with van der Waals surface area (Å²) in [5, 5.41) is 22.1. The van der Waals surface area contributed by atoms with Crippen molar-refractivity contribution in [3.05, 3.63) is 95.1 Å². The Balaban J connectivity index is 0.945. The molecule has 326 valence electrons. The molecule has 3 unspecified atom stereocenters. The smallest absolute Gasteiger partial charge is 0.255 e. The number of hydrogen-bond acceptors (Lipinski definition) is 9. The largest absolute Gasteiger partial charge is 0.397 e. The van der Waals surface area contributed by atoms with Gasteiger partial charge in [-0.3, -0.25) is 24.0 Å². The zero-order valence-corrected chi connectivity index (χ0v) is 36.6. The Morgan fingerprint density at radius 2 is 1.46 bits per heavy atom. The maximum absolute atomic E-state index is 13.9. The number of nitrogen functional groups attached to an aromatic ring is 1. The van der Waals surface area contributed by atoms with Crippen LogP contribution in [0.5, 0.6) is 0 Å². The number of nitrogens with two attached hydrogens (primary N) is 1. The first-order valence-electron chi connectivity index (χ1n) is 21.3. The van der Waals surface area contributed by atoms with E-state index >= 15 is 0 Å². The van der Waals surface area contributed by atoms with Crippen LogP contribution in [0.1, 0.15) is 113 Å². The number of aliphatic hydroxyl groups excluding tert-OH is 1. The zero-order chi connectivity index (χ0) is 43.9. The summed E-state index contributed by atoms with van der Waals surface area (Å²) < 4.78 is 0. The van der Waals surface area contributed by atoms with Crippen molar-refractivity contribution in [2.45, 2.75) is 123 Å². The second kappa shape index (κ2) is 22.3. The number of likely N-dealkylation sites (tertiary alicyclic amines) is 1. The number of carbonyl (C=O) groups excluding carboxylic acids is 5. The summed E-state index contributed by atoms with van der Waals surface area (Å²) in [4.78, 5) is 72.3. The van der Waals surface area contributed by atoms with E-state index in [1.807, 2.05) is 57.5 Å². The van der Waals surface area contributed by atoms with E-state index in [2.05, 4.69) is 26.3 Å². The Hall–Kier alpha value is -5.60. The molecule has 0 aliphatic carbocycles. The molecule has 5 rings (SSSR count). The molecule has 3 atom stereocenters. The SMILES string of the molecule is Cc1ncsc1-c1ccc(CNC(=O)C2CC(O)CN2C(=O)C(NC(=O)CCCCCCCCCCC(=O)Nc2ccc(C(=O)Nc3ccccc3N)cc2)C(C)(C)C)cc1. The van der Waals surface area contributed by atoms with Gasteiger partial charge in [-0.25, -0.2) is 4.98 Å². The van der Waals surface area contributed by atoms with Gasteiger partial charge in [-0.2, -0.15) is 0 Å². The average Bonchev–Trinajstić information content (AvgIpc) is 3.85. The lowest BCUT2D eigenvalue weighted by Gasteiger charge is -2.35. The van der Waals surface area contributed by atoms with E-state index in [0.29, 0.717) is 41.9 Å². The molecule has 7 N–H and O–H groups in total. The number of β-amino-alcohol motifs (C(OH)–C–C–N with tert-alkyl or cyclic N) is 1. The van der Waals surface area contributed by atoms with Crippen LogP contribution >= 0.6 is 11.3 Å². The van der Waals surface area contributed by atoms with Crippen molar-refractivity contribution < 1.29 is 29.1 Å². The Morgan fingerprint density at radius 3 is 2.07 bits per heavy atom. The van der Waals surface area contributed by atoms with Crippen LogP contribution in [0.4, 0.5) is 17.1 Å². The number of aromatic nitrogens is 1. The van der Waals surface area contributed by atoms with Gasteiger partial charge in [-0.05, 0) is 72.7 Å². The second-order valence-corrected chi connectivity index (χ2v) is 17.8. The number of amides is 5. The van der Waals surface area contributed by atoms with Crippen molar-refractivity contribution in [2.24, 2.45) is 5.41 Å². The van der Waals surface area contributed by atoms with Crippen LogP contribution in [0.3, 0.4) is 0 Å². The molecule has 0 radical (unpaired) electrons. The van der Waals surface area contributed by atoms with Crippen molar-refractivity contribution >= 4 is 57.9 Å². The van der Waals surface area contributed by atoms with Crippen LogP contribution in [-0.4, -0.2) is 69.3 Å². The number of aliphatic hydroxyl groups is 1. The van der Waals surface area contributed by atoms with E-state index in [-0.39, 0.29) is 49.0 Å². The third-order valence-corrected chi connectivity index (χ3v) is 11.9. The maximum atomic E-state index is 13.9. The lowest BCUT2D eigenvalue weighted by Crippen LogP contribution is -2.57. The van der Waals surface area contributed by atoms with Gasteiger partial charge in [0.1, 0.15) is 12.1 Å². The maximum Gasteiger partial charge on any atom is 0.255 e. The normalized spacial score (nSPS) is 15.5. The molecule has 1 saturated heterocycles. The molecule has 5 amide bonds. The number of unbranched alkanes of at least 4 members (excludes halogenated alkanes) is 7. The number of nitrogens with one attached hydrogen (secondary N) is 4. The number of aryl methyl sites for hydroxylation is 1. The summed E-state index contributed by atoms with van der Waals surface area (Å²) in [7, 11) is 0. The monoisotopic (exact) mass is 851 g/mol. The summed E-state index contributed by atoms with van der Waals surface area (Å²) in [6.45, 7) is 7.93. The molecule has 0 bridgehead atoms. The Labute approximate surface area is 363 Å². The van der Waals surface area contributed by atoms with E-state index in [1.165, 1.54) is 4.90 Å². The lowest BCUT2D eigenvalue weighted by molar-refractivity contribution is -0.144. The molecule has 1 aromatic heterocycles. The van der Waals surface area contributed by atoms with Crippen LogP contribution in [0.25, 0.3) is 10.4 Å². The predicted octanol–water partition coefficient (Wildman–Crippen LogP) is 7.60. The number of nitrogens with zero attached hydrogens (tertiary/aromatic N) is 2. The van der Waals surface area contributed by atoms with Gasteiger partial charge in [-0.15, -0.1) is 11.3 Å². The van der Waals surface area contributed by atoms with Gasteiger partial charge >= 0.3 is 0 Å². The van der Waals surface area contributed by atoms with Crippen molar-refractivity contribution in [1.82, 2.24) is 20.5 Å². The highest BCUT2D eigenvalue weighted by Gasteiger charge is 2.44. The van der Waals surface area contributed by atoms with Crippen molar-refractivity contribution in [3.8, 4) is 10.4 Å². The quantitative estimate of drug-likeness (QED) is 0.0386. The minimum atomic E-state index is -0.856. The van der Waals surface area contributed by atoms with Gasteiger partial charge in [0.2, 0.25) is 23.6 Å². The predicted molar refractivity (Wildman–Crippen MR) is 242 cm³/mol. The van der Waals surface area contributed by atoms with E-state index in [4.69, 9.17) is 5.73 Å². The molecule has 1 aliphatic rings. The molecule has 4 aromatic rings. The molecule has 0 spiro atoms. The van der Waals surface area contributed by atoms with Crippen LogP contribution in [0.15, 0.2) is 78.3 Å². The van der Waals surface area contributed by atoms with Gasteiger partial charge in [0.15, 0.2) is 0 Å². The molecule has 2 heterocycles. The minimum absolute atomic E-state index is 0.0272. The van der Waals surface area contributed by atoms with Crippen molar-refractivity contribution in [1.29, 1.82) is 0 Å². The van der Waals surface area contributed by atoms with Gasteiger partial charge in [-0.1, -0.05) is 95.7 Å². The standard InChI is InChI=1S/C47H61N7O6S/c1-31-42(61-30-50-31)33-21-19-32(20-22-33)28-49-45(59)39-27-36(55)29-54(39)46(60)43(47(2,3)4)53-41(57)18-12-10-8-6-5-7-9-11-17-40(56)51-35-25-23-34(24-26-35)44(58)52-38-16-14-13-15-37(38)48/h13-16,19-26,30,36,39,43,55H,5-12,17-18,27-29,48H2,1-4H3,(H,49,59)(H,51,56)(H,52,58)(H,53,57). The second-order valence-electron chi connectivity index (χ2n) is 16.9. The molecule has 13 nitrogen and oxygen atoms in total. The van der Waals surface area contributed by atoms with Crippen LogP contribution in [0.2, 0.25) is 0 Å². The number of benzene rings is 3. The molecular formula is C47H61N7O6S. The molecule has 0 saturated carbocycles. The van der Waals surface area contributed by atoms with Crippen LogP contribution in [0, 0.1) is 12.3 Å². The molecule has 1 aliphatic heterocycles. The van der Waals surface area contributed by atoms with Gasteiger partial charge in [0, 0.05) is 43.6 Å². The first-order chi connectivity index (χ1) is 29.2. The molecule has 3 aromatic carbocycles. The fourth-order valence-corrected chi connectivity index (χ4v) is 8.19. The first kappa shape index (κ1) is 46.5. The topological polar surface area (TPSA) is 196 Å². The molecule has 14 heteroatoms. The van der Waals surface area contributed by atoms with Crippen LogP contribution in [-0.2, 0) is 25.7 Å². The highest BCUT2D eigenvalue weighted by Crippen LogP contribution is 2.29. The summed E-state index contributed by atoms with van der Waals surface area (Å²) >= 11 is 1.58. The third kappa shape index (κ3) is 14.0. The molecule has 61 heavy (non-hydrogen) atoms. The van der Waals surface area contributed by atoms with Gasteiger partial charge in [0.05, 0.1) is 33.6 Å². The van der Waals surface area contributed by atoms with Crippen molar-refractivity contribution in [2.75, 3.05) is 22.9 Å². The summed E-state index contributed by atoms with van der Waals surface area (Å²) in [6.07, 6.45) is 7.40. The third-order valence-electron chi connectivity index (χ3n) is 10.9. The Morgan fingerprint density at radius 1 is 0.836 bits per heavy atom. The van der Waals surface area contributed by atoms with E-state index < -0.39 is 23.6 Å². The van der Waals surface area contributed by atoms with E-state index in [1.54, 1.807) is 59.9 Å².